The molecule has 1 aliphatic carbocycles. The van der Waals surface area contributed by atoms with E-state index in [1.165, 1.54) is 6.07 Å². The van der Waals surface area contributed by atoms with Gasteiger partial charge in [-0.2, -0.15) is 4.98 Å². The molecule has 2 heterocycles. The molecule has 0 amide bonds. The Morgan fingerprint density at radius 1 is 1.29 bits per heavy atom. The lowest BCUT2D eigenvalue weighted by atomic mass is 10.1. The minimum atomic E-state index is -0.811. The van der Waals surface area contributed by atoms with Crippen LogP contribution >= 0.6 is 12.4 Å². The third-order valence-corrected chi connectivity index (χ3v) is 4.76. The topological polar surface area (TPSA) is 54.2 Å². The van der Waals surface area contributed by atoms with E-state index in [0.717, 1.165) is 25.7 Å². The van der Waals surface area contributed by atoms with E-state index in [0.29, 0.717) is 23.7 Å². The maximum absolute atomic E-state index is 13.9. The lowest BCUT2D eigenvalue weighted by Crippen LogP contribution is -2.44. The Labute approximate surface area is 144 Å². The van der Waals surface area contributed by atoms with Gasteiger partial charge in [-0.1, -0.05) is 17.3 Å². The molecule has 130 valence electrons. The van der Waals surface area contributed by atoms with Crippen LogP contribution in [0.3, 0.4) is 0 Å². The van der Waals surface area contributed by atoms with Gasteiger partial charge in [-0.05, 0) is 31.0 Å². The van der Waals surface area contributed by atoms with Crippen molar-refractivity contribution in [3.63, 3.8) is 0 Å². The first-order valence-electron chi connectivity index (χ1n) is 7.83. The van der Waals surface area contributed by atoms with Crippen LogP contribution in [0.2, 0.25) is 0 Å². The molecule has 5 nitrogen and oxygen atoms in total. The molecule has 1 aromatic heterocycles. The summed E-state index contributed by atoms with van der Waals surface area (Å²) < 4.78 is 32.6. The van der Waals surface area contributed by atoms with Gasteiger partial charge in [-0.15, -0.1) is 12.4 Å². The number of nitrogens with zero attached hydrogens (tertiary/aromatic N) is 3. The van der Waals surface area contributed by atoms with Crippen molar-refractivity contribution >= 4 is 12.4 Å². The summed E-state index contributed by atoms with van der Waals surface area (Å²) >= 11 is 0. The van der Waals surface area contributed by atoms with Gasteiger partial charge in [0.05, 0.1) is 6.04 Å². The molecule has 24 heavy (non-hydrogen) atoms. The molecule has 2 aliphatic rings. The fraction of sp³-hybridized carbons (Fsp3) is 0.500. The Morgan fingerprint density at radius 2 is 2.12 bits per heavy atom. The zero-order valence-corrected chi connectivity index (χ0v) is 14.0. The van der Waals surface area contributed by atoms with E-state index in [2.05, 4.69) is 20.4 Å². The van der Waals surface area contributed by atoms with Crippen molar-refractivity contribution in [2.45, 2.75) is 24.3 Å². The minimum absolute atomic E-state index is 0. The summed E-state index contributed by atoms with van der Waals surface area (Å²) in [6.07, 6.45) is 0.709. The lowest BCUT2D eigenvalue weighted by molar-refractivity contribution is 0.190. The number of halogens is 3. The number of likely N-dealkylation sites (N-methyl/N-ethyl adjacent to an activating group) is 1. The molecule has 8 heteroatoms. The van der Waals surface area contributed by atoms with Gasteiger partial charge >= 0.3 is 0 Å². The van der Waals surface area contributed by atoms with Crippen LogP contribution in [0.15, 0.2) is 22.7 Å². The second-order valence-electron chi connectivity index (χ2n) is 6.28. The van der Waals surface area contributed by atoms with Crippen molar-refractivity contribution < 1.29 is 13.3 Å². The zero-order chi connectivity index (χ0) is 16.0. The number of piperazine rings is 1. The van der Waals surface area contributed by atoms with Crippen LogP contribution in [0.1, 0.15) is 41.6 Å². The summed E-state index contributed by atoms with van der Waals surface area (Å²) in [6, 6.07) is 4.38. The normalized spacial score (nSPS) is 26.9. The van der Waals surface area contributed by atoms with Crippen LogP contribution in [0.25, 0.3) is 0 Å². The SMILES string of the molecule is CN1CCNCC1c1noc(C2CC2c2cccc(F)c2F)n1.Cl. The van der Waals surface area contributed by atoms with Crippen LogP contribution in [0.5, 0.6) is 0 Å². The fourth-order valence-corrected chi connectivity index (χ4v) is 3.25. The molecule has 3 unspecified atom stereocenters. The molecule has 2 fully saturated rings. The summed E-state index contributed by atoms with van der Waals surface area (Å²) in [7, 11) is 2.03. The molecule has 1 saturated heterocycles. The first kappa shape index (κ1) is 17.3. The van der Waals surface area contributed by atoms with E-state index < -0.39 is 11.6 Å². The molecule has 2 aromatic rings. The Balaban J connectivity index is 0.00000169. The Morgan fingerprint density at radius 3 is 2.92 bits per heavy atom. The van der Waals surface area contributed by atoms with Crippen LogP contribution in [-0.4, -0.2) is 41.7 Å². The van der Waals surface area contributed by atoms with E-state index in [1.807, 2.05) is 7.05 Å². The number of nitrogens with one attached hydrogen (secondary N) is 1. The Kier molecular flexibility index (Phi) is 4.85. The minimum Gasteiger partial charge on any atom is -0.339 e. The number of benzene rings is 1. The smallest absolute Gasteiger partial charge is 0.230 e. The highest BCUT2D eigenvalue weighted by molar-refractivity contribution is 5.85. The Hall–Kier alpha value is -1.57. The molecule has 1 saturated carbocycles. The highest BCUT2D eigenvalue weighted by Gasteiger charge is 2.45. The summed E-state index contributed by atoms with van der Waals surface area (Å²) in [5.41, 5.74) is 0.395. The Bertz CT molecular complexity index is 726. The van der Waals surface area contributed by atoms with Gasteiger partial charge in [0.15, 0.2) is 17.5 Å². The summed E-state index contributed by atoms with van der Waals surface area (Å²) in [5, 5.41) is 7.40. The zero-order valence-electron chi connectivity index (χ0n) is 13.2. The third kappa shape index (κ3) is 3.03. The number of aromatic nitrogens is 2. The molecular formula is C16H19ClF2N4O. The van der Waals surface area contributed by atoms with Gasteiger partial charge in [0, 0.05) is 25.6 Å². The fourth-order valence-electron chi connectivity index (χ4n) is 3.25. The molecule has 0 spiro atoms. The van der Waals surface area contributed by atoms with Crippen molar-refractivity contribution in [1.29, 1.82) is 0 Å². The van der Waals surface area contributed by atoms with Gasteiger partial charge in [-0.3, -0.25) is 4.90 Å². The van der Waals surface area contributed by atoms with Crippen molar-refractivity contribution in [3.05, 3.63) is 47.1 Å². The van der Waals surface area contributed by atoms with E-state index in [4.69, 9.17) is 4.52 Å². The first-order chi connectivity index (χ1) is 11.1. The molecule has 0 radical (unpaired) electrons. The predicted octanol–water partition coefficient (Wildman–Crippen LogP) is 2.62. The summed E-state index contributed by atoms with van der Waals surface area (Å²) in [4.78, 5) is 6.68. The van der Waals surface area contributed by atoms with Crippen molar-refractivity contribution in [3.8, 4) is 0 Å². The lowest BCUT2D eigenvalue weighted by Gasteiger charge is -2.30. The predicted molar refractivity (Wildman–Crippen MR) is 86.2 cm³/mol. The first-order valence-corrected chi connectivity index (χ1v) is 7.83. The van der Waals surface area contributed by atoms with Crippen molar-refractivity contribution in [2.75, 3.05) is 26.7 Å². The van der Waals surface area contributed by atoms with Gasteiger partial charge in [0.25, 0.3) is 0 Å². The molecule has 4 rings (SSSR count). The van der Waals surface area contributed by atoms with Gasteiger partial charge in [0.1, 0.15) is 0 Å². The van der Waals surface area contributed by atoms with Crippen LogP contribution < -0.4 is 5.32 Å². The maximum atomic E-state index is 13.9. The van der Waals surface area contributed by atoms with E-state index >= 15 is 0 Å². The van der Waals surface area contributed by atoms with E-state index in [-0.39, 0.29) is 30.3 Å². The molecule has 3 atom stereocenters. The average Bonchev–Trinajstić information content (AvgIpc) is 3.19. The number of hydrogen-bond acceptors (Lipinski definition) is 5. The number of rotatable bonds is 3. The molecule has 1 aliphatic heterocycles. The average molecular weight is 357 g/mol. The van der Waals surface area contributed by atoms with E-state index in [9.17, 15) is 8.78 Å². The van der Waals surface area contributed by atoms with Crippen LogP contribution in [-0.2, 0) is 0 Å². The number of hydrogen-bond donors (Lipinski definition) is 1. The molecule has 0 bridgehead atoms. The third-order valence-electron chi connectivity index (χ3n) is 4.76. The monoisotopic (exact) mass is 356 g/mol. The standard InChI is InChI=1S/C16H18F2N4O.ClH/c1-22-6-5-19-8-13(22)15-20-16(23-21-15)11-7-10(11)9-3-2-4-12(17)14(9)18;/h2-4,10-11,13,19H,5-8H2,1H3;1H. The maximum Gasteiger partial charge on any atom is 0.230 e. The van der Waals surface area contributed by atoms with Gasteiger partial charge < -0.3 is 9.84 Å². The second kappa shape index (κ2) is 6.74. The van der Waals surface area contributed by atoms with Crippen LogP contribution in [0.4, 0.5) is 8.78 Å². The van der Waals surface area contributed by atoms with Gasteiger partial charge in [0.2, 0.25) is 5.89 Å². The van der Waals surface area contributed by atoms with Crippen molar-refractivity contribution in [2.24, 2.45) is 0 Å². The highest BCUT2D eigenvalue weighted by Crippen LogP contribution is 2.54. The summed E-state index contributed by atoms with van der Waals surface area (Å²) in [5.74, 6) is -0.506. The molecule has 1 N–H and O–H groups in total. The van der Waals surface area contributed by atoms with Crippen molar-refractivity contribution in [1.82, 2.24) is 20.4 Å². The summed E-state index contributed by atoms with van der Waals surface area (Å²) in [6.45, 7) is 2.65. The second-order valence-corrected chi connectivity index (χ2v) is 6.28. The molecular weight excluding hydrogens is 338 g/mol. The molecule has 1 aromatic carbocycles. The van der Waals surface area contributed by atoms with Crippen LogP contribution in [0, 0.1) is 11.6 Å². The quantitative estimate of drug-likeness (QED) is 0.916. The van der Waals surface area contributed by atoms with Gasteiger partial charge in [-0.25, -0.2) is 8.78 Å². The largest absolute Gasteiger partial charge is 0.339 e. The van der Waals surface area contributed by atoms with E-state index in [1.54, 1.807) is 6.07 Å². The highest BCUT2D eigenvalue weighted by atomic mass is 35.5.